The largest absolute Gasteiger partial charge is 0.497 e. The van der Waals surface area contributed by atoms with Crippen LogP contribution in [0, 0.1) is 0 Å². The number of halogens is 1. The van der Waals surface area contributed by atoms with Gasteiger partial charge in [0.1, 0.15) is 5.75 Å². The van der Waals surface area contributed by atoms with Gasteiger partial charge in [0.15, 0.2) is 9.96 Å². The van der Waals surface area contributed by atoms with E-state index in [2.05, 4.69) is 0 Å². The van der Waals surface area contributed by atoms with E-state index in [0.717, 1.165) is 11.3 Å². The van der Waals surface area contributed by atoms with Gasteiger partial charge in [0.2, 0.25) is 0 Å². The van der Waals surface area contributed by atoms with Gasteiger partial charge >= 0.3 is 10.1 Å². The monoisotopic (exact) mass is 347 g/mol. The second-order valence-electron chi connectivity index (χ2n) is 3.82. The van der Waals surface area contributed by atoms with Crippen LogP contribution in [0.15, 0.2) is 34.5 Å². The lowest BCUT2D eigenvalue weighted by Gasteiger charge is -2.10. The molecule has 2 rings (SSSR count). The number of nitrogens with two attached hydrogens (primary N) is 1. The first-order valence-electron chi connectivity index (χ1n) is 5.51. The highest BCUT2D eigenvalue weighted by atomic mass is 35.5. The fourth-order valence-electron chi connectivity index (χ4n) is 1.49. The van der Waals surface area contributed by atoms with Crippen molar-refractivity contribution in [1.82, 2.24) is 0 Å². The lowest BCUT2D eigenvalue weighted by molar-refractivity contribution is 0.0999. The third kappa shape index (κ3) is 3.46. The van der Waals surface area contributed by atoms with Crippen LogP contribution in [0.1, 0.15) is 10.4 Å². The fraction of sp³-hybridized carbons (Fsp3) is 0.0833. The maximum absolute atomic E-state index is 12.1. The SMILES string of the molecule is COc1ccc(C(N)=O)c(OS(=O)(=O)c2ccc(Cl)s2)c1. The molecule has 1 amide bonds. The van der Waals surface area contributed by atoms with E-state index in [1.54, 1.807) is 0 Å². The quantitative estimate of drug-likeness (QED) is 0.837. The molecule has 1 heterocycles. The molecule has 0 aliphatic rings. The molecule has 0 fully saturated rings. The normalized spacial score (nSPS) is 11.1. The number of amides is 1. The Bertz CT molecular complexity index is 785. The molecule has 6 nitrogen and oxygen atoms in total. The van der Waals surface area contributed by atoms with E-state index in [4.69, 9.17) is 26.3 Å². The molecule has 0 spiro atoms. The average Bonchev–Trinajstić information content (AvgIpc) is 2.85. The predicted octanol–water partition coefficient (Wildman–Crippen LogP) is 2.28. The van der Waals surface area contributed by atoms with Crippen molar-refractivity contribution in [3.05, 3.63) is 40.2 Å². The van der Waals surface area contributed by atoms with Crippen LogP contribution in [-0.4, -0.2) is 21.4 Å². The highest BCUT2D eigenvalue weighted by Crippen LogP contribution is 2.31. The van der Waals surface area contributed by atoms with Crippen LogP contribution in [0.5, 0.6) is 11.5 Å². The zero-order valence-electron chi connectivity index (χ0n) is 10.7. The van der Waals surface area contributed by atoms with Gasteiger partial charge in [0.05, 0.1) is 17.0 Å². The Morgan fingerprint density at radius 2 is 2.00 bits per heavy atom. The van der Waals surface area contributed by atoms with Gasteiger partial charge in [-0.3, -0.25) is 4.79 Å². The number of ether oxygens (including phenoxy) is 1. The molecule has 0 atom stereocenters. The summed E-state index contributed by atoms with van der Waals surface area (Å²) in [6.45, 7) is 0. The van der Waals surface area contributed by atoms with Crippen LogP contribution in [-0.2, 0) is 10.1 Å². The molecule has 0 saturated carbocycles. The lowest BCUT2D eigenvalue weighted by Crippen LogP contribution is -2.16. The van der Waals surface area contributed by atoms with Gasteiger partial charge in [0.25, 0.3) is 5.91 Å². The third-order valence-electron chi connectivity index (χ3n) is 2.45. The van der Waals surface area contributed by atoms with Crippen LogP contribution in [0.3, 0.4) is 0 Å². The standard InChI is InChI=1S/C12H10ClNO5S2/c1-18-7-2-3-8(12(14)15)9(6-7)19-21(16,17)11-5-4-10(13)20-11/h2-6H,1H3,(H2,14,15). The maximum atomic E-state index is 12.1. The molecule has 2 aromatic rings. The number of hydrogen-bond acceptors (Lipinski definition) is 6. The third-order valence-corrected chi connectivity index (χ3v) is 5.36. The number of primary amides is 1. The van der Waals surface area contributed by atoms with Gasteiger partial charge in [-0.25, -0.2) is 0 Å². The highest BCUT2D eigenvalue weighted by Gasteiger charge is 2.22. The van der Waals surface area contributed by atoms with Gasteiger partial charge in [-0.15, -0.1) is 11.3 Å². The van der Waals surface area contributed by atoms with Crippen molar-refractivity contribution in [3.63, 3.8) is 0 Å². The molecule has 9 heteroatoms. The summed E-state index contributed by atoms with van der Waals surface area (Å²) in [7, 11) is -2.70. The lowest BCUT2D eigenvalue weighted by atomic mass is 10.2. The zero-order chi connectivity index (χ0) is 15.6. The number of hydrogen-bond donors (Lipinski definition) is 1. The Hall–Kier alpha value is -1.77. The van der Waals surface area contributed by atoms with Crippen molar-refractivity contribution in [2.45, 2.75) is 4.21 Å². The van der Waals surface area contributed by atoms with Crippen LogP contribution in [0.25, 0.3) is 0 Å². The Morgan fingerprint density at radius 1 is 1.29 bits per heavy atom. The molecule has 0 unspecified atom stereocenters. The number of rotatable bonds is 5. The topological polar surface area (TPSA) is 95.7 Å². The summed E-state index contributed by atoms with van der Waals surface area (Å²) in [5.41, 5.74) is 5.13. The van der Waals surface area contributed by atoms with Gasteiger partial charge < -0.3 is 14.7 Å². The molecule has 0 saturated heterocycles. The van der Waals surface area contributed by atoms with Crippen molar-refractivity contribution in [1.29, 1.82) is 0 Å². The van der Waals surface area contributed by atoms with Gasteiger partial charge in [-0.1, -0.05) is 11.6 Å². The van der Waals surface area contributed by atoms with Gasteiger partial charge in [0, 0.05) is 6.07 Å². The van der Waals surface area contributed by atoms with E-state index in [0.29, 0.717) is 10.1 Å². The smallest absolute Gasteiger partial charge is 0.348 e. The molecule has 0 aliphatic heterocycles. The molecule has 1 aromatic heterocycles. The number of thiophene rings is 1. The maximum Gasteiger partial charge on any atom is 0.348 e. The zero-order valence-corrected chi connectivity index (χ0v) is 13.1. The van der Waals surface area contributed by atoms with Crippen molar-refractivity contribution in [2.75, 3.05) is 7.11 Å². The summed E-state index contributed by atoms with van der Waals surface area (Å²) >= 11 is 6.55. The molecule has 0 aliphatic carbocycles. The molecule has 112 valence electrons. The first kappa shape index (κ1) is 15.6. The van der Waals surface area contributed by atoms with Crippen molar-refractivity contribution in [3.8, 4) is 11.5 Å². The first-order chi connectivity index (χ1) is 9.83. The second-order valence-corrected chi connectivity index (χ2v) is 7.31. The van der Waals surface area contributed by atoms with E-state index in [1.807, 2.05) is 0 Å². The summed E-state index contributed by atoms with van der Waals surface area (Å²) in [4.78, 5) is 11.3. The number of carbonyl (C=O) groups is 1. The minimum Gasteiger partial charge on any atom is -0.497 e. The number of carbonyl (C=O) groups excluding carboxylic acids is 1. The fourth-order valence-corrected chi connectivity index (χ4v) is 3.88. The molecule has 2 N–H and O–H groups in total. The molecule has 0 radical (unpaired) electrons. The van der Waals surface area contributed by atoms with Gasteiger partial charge in [-0.2, -0.15) is 8.42 Å². The molecule has 0 bridgehead atoms. The molecule has 21 heavy (non-hydrogen) atoms. The van der Waals surface area contributed by atoms with E-state index >= 15 is 0 Å². The highest BCUT2D eigenvalue weighted by molar-refractivity contribution is 7.89. The van der Waals surface area contributed by atoms with Crippen molar-refractivity contribution < 1.29 is 22.1 Å². The Labute approximate surface area is 130 Å². The second kappa shape index (κ2) is 5.92. The van der Waals surface area contributed by atoms with E-state index < -0.39 is 16.0 Å². The first-order valence-corrected chi connectivity index (χ1v) is 8.11. The van der Waals surface area contributed by atoms with Crippen molar-refractivity contribution >= 4 is 39.0 Å². The van der Waals surface area contributed by atoms with Crippen LogP contribution < -0.4 is 14.7 Å². The van der Waals surface area contributed by atoms with Crippen molar-refractivity contribution in [2.24, 2.45) is 5.73 Å². The Morgan fingerprint density at radius 3 is 2.52 bits per heavy atom. The van der Waals surface area contributed by atoms with Crippen LogP contribution in [0.4, 0.5) is 0 Å². The van der Waals surface area contributed by atoms with E-state index in [9.17, 15) is 13.2 Å². The van der Waals surface area contributed by atoms with E-state index in [-0.39, 0.29) is 15.5 Å². The minimum absolute atomic E-state index is 0.0676. The number of methoxy groups -OCH3 is 1. The summed E-state index contributed by atoms with van der Waals surface area (Å²) in [5, 5.41) is 0. The average molecular weight is 348 g/mol. The van der Waals surface area contributed by atoms with Crippen LogP contribution >= 0.6 is 22.9 Å². The minimum atomic E-state index is -4.10. The van der Waals surface area contributed by atoms with Gasteiger partial charge in [-0.05, 0) is 24.3 Å². The number of benzene rings is 1. The predicted molar refractivity (Wildman–Crippen MR) is 78.7 cm³/mol. The van der Waals surface area contributed by atoms with E-state index in [1.165, 1.54) is 37.4 Å². The Kier molecular flexibility index (Phi) is 4.40. The Balaban J connectivity index is 2.44. The summed E-state index contributed by atoms with van der Waals surface area (Å²) in [6, 6.07) is 6.82. The molecular formula is C12H10ClNO5S2. The molecular weight excluding hydrogens is 338 g/mol. The molecule has 1 aromatic carbocycles. The summed E-state index contributed by atoms with van der Waals surface area (Å²) < 4.78 is 34.4. The summed E-state index contributed by atoms with van der Waals surface area (Å²) in [5.74, 6) is -0.687. The summed E-state index contributed by atoms with van der Waals surface area (Å²) in [6.07, 6.45) is 0. The van der Waals surface area contributed by atoms with Crippen LogP contribution in [0.2, 0.25) is 4.34 Å².